The highest BCUT2D eigenvalue weighted by Gasteiger charge is 2.50. The topological polar surface area (TPSA) is 46.5 Å². The van der Waals surface area contributed by atoms with Gasteiger partial charge in [0, 0.05) is 12.8 Å². The number of rotatable bonds is 2. The molecule has 1 fully saturated rings. The lowest BCUT2D eigenvalue weighted by Gasteiger charge is -2.51. The van der Waals surface area contributed by atoms with Gasteiger partial charge in [-0.3, -0.25) is 4.79 Å². The van der Waals surface area contributed by atoms with E-state index < -0.39 is 5.60 Å². The fraction of sp³-hybridized carbons (Fsp3) is 0.824. The number of esters is 1. The van der Waals surface area contributed by atoms with Crippen LogP contribution in [0.25, 0.3) is 0 Å². The van der Waals surface area contributed by atoms with Gasteiger partial charge >= 0.3 is 5.97 Å². The third kappa shape index (κ3) is 2.65. The van der Waals surface area contributed by atoms with Gasteiger partial charge in [-0.05, 0) is 49.5 Å². The number of fused-ring (bicyclic) bond motifs is 1. The summed E-state index contributed by atoms with van der Waals surface area (Å²) >= 11 is 0. The maximum Gasteiger partial charge on any atom is 0.303 e. The first-order valence-electron chi connectivity index (χ1n) is 7.83. The van der Waals surface area contributed by atoms with Crippen LogP contribution in [0.2, 0.25) is 0 Å². The van der Waals surface area contributed by atoms with Crippen molar-refractivity contribution >= 4 is 5.97 Å². The molecule has 0 heterocycles. The first-order chi connectivity index (χ1) is 9.25. The molecular weight excluding hydrogens is 252 g/mol. The first kappa shape index (κ1) is 15.6. The van der Waals surface area contributed by atoms with Gasteiger partial charge in [-0.2, -0.15) is 0 Å². The predicted octanol–water partition coefficient (Wildman–Crippen LogP) is 3.32. The van der Waals surface area contributed by atoms with E-state index in [0.29, 0.717) is 11.8 Å². The van der Waals surface area contributed by atoms with Gasteiger partial charge in [0.15, 0.2) is 0 Å². The van der Waals surface area contributed by atoms with Crippen molar-refractivity contribution in [2.24, 2.45) is 23.7 Å². The summed E-state index contributed by atoms with van der Waals surface area (Å²) in [5.74, 6) is 1.20. The molecule has 0 aliphatic heterocycles. The van der Waals surface area contributed by atoms with Gasteiger partial charge < -0.3 is 9.84 Å². The Bertz CT molecular complexity index is 412. The smallest absolute Gasteiger partial charge is 0.303 e. The Morgan fingerprint density at radius 2 is 2.15 bits per heavy atom. The molecule has 0 bridgehead atoms. The van der Waals surface area contributed by atoms with Crippen LogP contribution < -0.4 is 0 Å². The molecule has 5 atom stereocenters. The lowest BCUT2D eigenvalue weighted by Crippen LogP contribution is -2.53. The molecule has 3 heteroatoms. The highest BCUT2D eigenvalue weighted by Crippen LogP contribution is 2.50. The van der Waals surface area contributed by atoms with Crippen molar-refractivity contribution in [1.82, 2.24) is 0 Å². The minimum Gasteiger partial charge on any atom is -0.458 e. The molecule has 0 aromatic carbocycles. The molecule has 0 unspecified atom stereocenters. The Balaban J connectivity index is 2.31. The van der Waals surface area contributed by atoms with Gasteiger partial charge in [0.25, 0.3) is 0 Å². The fourth-order valence-corrected chi connectivity index (χ4v) is 4.05. The zero-order valence-corrected chi connectivity index (χ0v) is 13.3. The third-order valence-corrected chi connectivity index (χ3v) is 5.51. The standard InChI is InChI=1S/C17H28O3/c1-10(2)17(19)7-6-11(3)14-9-16(20-13(5)18)12(4)8-15(14)17/h8,10-11,14-16,19H,6-7,9H2,1-5H3/t11-,14+,15+,16-,17-/m1/s1. The van der Waals surface area contributed by atoms with Crippen LogP contribution in [0.4, 0.5) is 0 Å². The van der Waals surface area contributed by atoms with Gasteiger partial charge in [-0.1, -0.05) is 26.8 Å². The maximum absolute atomic E-state index is 11.2. The third-order valence-electron chi connectivity index (χ3n) is 5.51. The van der Waals surface area contributed by atoms with Crippen LogP contribution in [0, 0.1) is 23.7 Å². The van der Waals surface area contributed by atoms with E-state index in [2.05, 4.69) is 26.8 Å². The van der Waals surface area contributed by atoms with Crippen LogP contribution in [0.3, 0.4) is 0 Å². The zero-order chi connectivity index (χ0) is 15.1. The van der Waals surface area contributed by atoms with Crippen molar-refractivity contribution in [3.63, 3.8) is 0 Å². The van der Waals surface area contributed by atoms with Gasteiger partial charge in [0.2, 0.25) is 0 Å². The van der Waals surface area contributed by atoms with Crippen molar-refractivity contribution in [2.45, 2.75) is 65.6 Å². The summed E-state index contributed by atoms with van der Waals surface area (Å²) in [5, 5.41) is 11.1. The second kappa shape index (κ2) is 5.51. The van der Waals surface area contributed by atoms with Crippen LogP contribution in [0.5, 0.6) is 0 Å². The summed E-state index contributed by atoms with van der Waals surface area (Å²) in [6.07, 6.45) is 4.84. The molecule has 2 aliphatic rings. The van der Waals surface area contributed by atoms with Gasteiger partial charge in [-0.25, -0.2) is 0 Å². The van der Waals surface area contributed by atoms with Crippen LogP contribution in [0.15, 0.2) is 11.6 Å². The summed E-state index contributed by atoms with van der Waals surface area (Å²) in [7, 11) is 0. The van der Waals surface area contributed by atoms with Crippen molar-refractivity contribution in [2.75, 3.05) is 0 Å². The van der Waals surface area contributed by atoms with E-state index in [-0.39, 0.29) is 23.9 Å². The van der Waals surface area contributed by atoms with E-state index in [4.69, 9.17) is 4.74 Å². The number of aliphatic hydroxyl groups is 1. The summed E-state index contributed by atoms with van der Waals surface area (Å²) in [6.45, 7) is 9.96. The summed E-state index contributed by atoms with van der Waals surface area (Å²) in [4.78, 5) is 11.2. The molecule has 0 aromatic rings. The second-order valence-electron chi connectivity index (χ2n) is 7.10. The monoisotopic (exact) mass is 280 g/mol. The number of ether oxygens (including phenoxy) is 1. The van der Waals surface area contributed by atoms with Crippen molar-refractivity contribution in [3.8, 4) is 0 Å². The lowest BCUT2D eigenvalue weighted by molar-refractivity contribution is -0.149. The number of carbonyl (C=O) groups is 1. The molecule has 0 amide bonds. The predicted molar refractivity (Wildman–Crippen MR) is 79.1 cm³/mol. The Kier molecular flexibility index (Phi) is 4.29. The number of hydrogen-bond acceptors (Lipinski definition) is 3. The van der Waals surface area contributed by atoms with E-state index in [9.17, 15) is 9.90 Å². The van der Waals surface area contributed by atoms with Crippen molar-refractivity contribution < 1.29 is 14.6 Å². The van der Waals surface area contributed by atoms with E-state index >= 15 is 0 Å². The Morgan fingerprint density at radius 3 is 2.70 bits per heavy atom. The van der Waals surface area contributed by atoms with E-state index in [0.717, 1.165) is 24.8 Å². The van der Waals surface area contributed by atoms with Crippen LogP contribution in [-0.2, 0) is 9.53 Å². The normalized spacial score (nSPS) is 41.0. The molecule has 0 saturated heterocycles. The lowest BCUT2D eigenvalue weighted by atomic mass is 9.57. The van der Waals surface area contributed by atoms with Crippen LogP contribution in [-0.4, -0.2) is 22.8 Å². The van der Waals surface area contributed by atoms with Gasteiger partial charge in [0.1, 0.15) is 6.10 Å². The largest absolute Gasteiger partial charge is 0.458 e. The highest BCUT2D eigenvalue weighted by molar-refractivity contribution is 5.66. The van der Waals surface area contributed by atoms with Crippen molar-refractivity contribution in [3.05, 3.63) is 11.6 Å². The summed E-state index contributed by atoms with van der Waals surface area (Å²) < 4.78 is 5.44. The van der Waals surface area contributed by atoms with Crippen molar-refractivity contribution in [1.29, 1.82) is 0 Å². The number of hydrogen-bond donors (Lipinski definition) is 1. The molecule has 2 rings (SSSR count). The fourth-order valence-electron chi connectivity index (χ4n) is 4.05. The molecule has 20 heavy (non-hydrogen) atoms. The van der Waals surface area contributed by atoms with E-state index in [1.807, 2.05) is 6.92 Å². The maximum atomic E-state index is 11.2. The molecule has 114 valence electrons. The molecule has 1 saturated carbocycles. The summed E-state index contributed by atoms with van der Waals surface area (Å²) in [5.41, 5.74) is 0.481. The Hall–Kier alpha value is -0.830. The number of carbonyl (C=O) groups excluding carboxylic acids is 1. The molecule has 2 aliphatic carbocycles. The van der Waals surface area contributed by atoms with Gasteiger partial charge in [0.05, 0.1) is 5.60 Å². The van der Waals surface area contributed by atoms with Gasteiger partial charge in [-0.15, -0.1) is 0 Å². The molecule has 1 N–H and O–H groups in total. The molecular formula is C17H28O3. The Labute approximate surface area is 122 Å². The molecule has 0 aromatic heterocycles. The SMILES string of the molecule is CC(=O)O[C@@H]1C[C@H]2[C@H](C)CC[C@@](O)(C(C)C)[C@H]2C=C1C. The zero-order valence-electron chi connectivity index (χ0n) is 13.3. The highest BCUT2D eigenvalue weighted by atomic mass is 16.5. The average molecular weight is 280 g/mol. The second-order valence-corrected chi connectivity index (χ2v) is 7.10. The molecule has 0 radical (unpaired) electrons. The first-order valence-corrected chi connectivity index (χ1v) is 7.83. The van der Waals surface area contributed by atoms with Crippen LogP contribution in [0.1, 0.15) is 53.9 Å². The van der Waals surface area contributed by atoms with Crippen LogP contribution >= 0.6 is 0 Å². The quantitative estimate of drug-likeness (QED) is 0.623. The summed E-state index contributed by atoms with van der Waals surface area (Å²) in [6, 6.07) is 0. The Morgan fingerprint density at radius 1 is 1.50 bits per heavy atom. The minimum absolute atomic E-state index is 0.106. The molecule has 0 spiro atoms. The minimum atomic E-state index is -0.611. The molecule has 3 nitrogen and oxygen atoms in total. The average Bonchev–Trinajstić information content (AvgIpc) is 2.35. The van der Waals surface area contributed by atoms with E-state index in [1.54, 1.807) is 0 Å². The van der Waals surface area contributed by atoms with E-state index in [1.165, 1.54) is 6.92 Å².